The molecule has 0 atom stereocenters. The molecule has 10 heteroatoms. The van der Waals surface area contributed by atoms with Crippen LogP contribution in [-0.4, -0.2) is 32.3 Å². The molecule has 0 radical (unpaired) electrons. The molecule has 0 saturated heterocycles. The number of hydrogen-bond donors (Lipinski definition) is 4. The Morgan fingerprint density at radius 1 is 1.22 bits per heavy atom. The average Bonchev–Trinajstić information content (AvgIpc) is 2.33. The number of nitrogens with one attached hydrogen (secondary N) is 2. The number of hydrogen-bond acceptors (Lipinski definition) is 8. The number of anilines is 2. The summed E-state index contributed by atoms with van der Waals surface area (Å²) in [5, 5.41) is 16.9. The summed E-state index contributed by atoms with van der Waals surface area (Å²) in [4.78, 5) is 0.173. The van der Waals surface area contributed by atoms with Gasteiger partial charge < -0.3 is 10.6 Å². The van der Waals surface area contributed by atoms with Crippen molar-refractivity contribution in [2.24, 2.45) is 0 Å². The molecule has 0 amide bonds. The van der Waals surface area contributed by atoms with Crippen LogP contribution in [-0.2, 0) is 19.5 Å². The summed E-state index contributed by atoms with van der Waals surface area (Å²) in [6.45, 7) is 0. The van der Waals surface area contributed by atoms with Gasteiger partial charge in [0.1, 0.15) is 4.90 Å². The van der Waals surface area contributed by atoms with Gasteiger partial charge in [-0.3, -0.25) is 4.55 Å². The van der Waals surface area contributed by atoms with Crippen LogP contribution < -0.4 is 10.6 Å². The summed E-state index contributed by atoms with van der Waals surface area (Å²) in [5.41, 5.74) is 0.559. The van der Waals surface area contributed by atoms with E-state index in [1.54, 1.807) is 7.05 Å². The zero-order valence-electron chi connectivity index (χ0n) is 9.50. The fourth-order valence-corrected chi connectivity index (χ4v) is 2.51. The van der Waals surface area contributed by atoms with Crippen molar-refractivity contribution in [2.75, 3.05) is 24.7 Å². The first-order valence-corrected chi connectivity index (χ1v) is 6.78. The highest BCUT2D eigenvalue weighted by Crippen LogP contribution is 2.35. The minimum atomic E-state index is -4.35. The van der Waals surface area contributed by atoms with Crippen molar-refractivity contribution in [3.05, 3.63) is 12.1 Å². The molecule has 1 rings (SSSR count). The molecule has 0 saturated carbocycles. The van der Waals surface area contributed by atoms with Gasteiger partial charge in [-0.25, -0.2) is 5.26 Å². The van der Waals surface area contributed by atoms with Crippen molar-refractivity contribution in [1.82, 2.24) is 0 Å². The fourth-order valence-electron chi connectivity index (χ4n) is 1.28. The van der Waals surface area contributed by atoms with Gasteiger partial charge in [0.05, 0.1) is 28.3 Å². The number of rotatable bonds is 6. The summed E-state index contributed by atoms with van der Waals surface area (Å²) in [7, 11) is -1.29. The van der Waals surface area contributed by atoms with Gasteiger partial charge in [0.15, 0.2) is 0 Å². The second-order valence-corrected chi connectivity index (χ2v) is 5.18. The van der Waals surface area contributed by atoms with Crippen molar-refractivity contribution in [3.8, 4) is 0 Å². The molecule has 0 unspecified atom stereocenters. The zero-order valence-corrected chi connectivity index (χ0v) is 11.1. The van der Waals surface area contributed by atoms with E-state index < -0.39 is 10.1 Å². The van der Waals surface area contributed by atoms with E-state index >= 15 is 0 Å². The van der Waals surface area contributed by atoms with Gasteiger partial charge in [-0.1, -0.05) is 5.04 Å². The molecule has 0 fully saturated rings. The Labute approximate surface area is 108 Å². The lowest BCUT2D eigenvalue weighted by atomic mass is 10.3. The Kier molecular flexibility index (Phi) is 5.19. The Bertz CT molecular complexity index is 519. The number of benzene rings is 1. The van der Waals surface area contributed by atoms with Gasteiger partial charge in [-0.05, 0) is 12.1 Å². The molecule has 0 aliphatic rings. The molecule has 1 aromatic rings. The summed E-state index contributed by atoms with van der Waals surface area (Å²) >= 11 is 0.669. The maximum Gasteiger partial charge on any atom is 0.296 e. The van der Waals surface area contributed by atoms with Crippen molar-refractivity contribution in [1.29, 1.82) is 0 Å². The molecule has 1 aromatic carbocycles. The summed E-state index contributed by atoms with van der Waals surface area (Å²) < 4.78 is 35.8. The summed E-state index contributed by atoms with van der Waals surface area (Å²) in [5.74, 6) is 0. The highest BCUT2D eigenvalue weighted by Gasteiger charge is 2.18. The predicted molar refractivity (Wildman–Crippen MR) is 66.0 cm³/mol. The normalized spacial score (nSPS) is 11.3. The van der Waals surface area contributed by atoms with E-state index in [0.29, 0.717) is 22.6 Å². The third-order valence-electron chi connectivity index (χ3n) is 2.05. The molecular weight excluding hydrogens is 284 g/mol. The summed E-state index contributed by atoms with van der Waals surface area (Å²) in [6, 6.07) is 2.64. The van der Waals surface area contributed by atoms with Crippen molar-refractivity contribution in [2.45, 2.75) is 9.79 Å². The molecule has 0 spiro atoms. The van der Waals surface area contributed by atoms with E-state index in [9.17, 15) is 8.42 Å². The third kappa shape index (κ3) is 3.48. The van der Waals surface area contributed by atoms with Gasteiger partial charge in [-0.15, -0.1) is 4.33 Å². The summed E-state index contributed by atoms with van der Waals surface area (Å²) in [6.07, 6.45) is 0. The first-order valence-electron chi connectivity index (χ1n) is 4.59. The van der Waals surface area contributed by atoms with E-state index in [1.165, 1.54) is 19.2 Å². The Hall–Kier alpha value is -1.04. The molecule has 0 aliphatic carbocycles. The van der Waals surface area contributed by atoms with Crippen LogP contribution in [0.4, 0.5) is 11.4 Å². The van der Waals surface area contributed by atoms with Crippen molar-refractivity contribution >= 4 is 33.5 Å². The van der Waals surface area contributed by atoms with Crippen LogP contribution in [0.3, 0.4) is 0 Å². The van der Waals surface area contributed by atoms with Crippen LogP contribution in [0.1, 0.15) is 0 Å². The highest BCUT2D eigenvalue weighted by molar-refractivity contribution is 7.94. The van der Waals surface area contributed by atoms with Crippen LogP contribution in [0, 0.1) is 0 Å². The zero-order chi connectivity index (χ0) is 13.8. The van der Waals surface area contributed by atoms with Gasteiger partial charge >= 0.3 is 0 Å². The van der Waals surface area contributed by atoms with Crippen LogP contribution in [0.25, 0.3) is 0 Å². The van der Waals surface area contributed by atoms with Gasteiger partial charge in [0.25, 0.3) is 10.1 Å². The van der Waals surface area contributed by atoms with Crippen LogP contribution in [0.5, 0.6) is 0 Å². The molecule has 8 nitrogen and oxygen atoms in total. The smallest absolute Gasteiger partial charge is 0.296 e. The Balaban J connectivity index is 3.32. The largest absolute Gasteiger partial charge is 0.387 e. The fraction of sp³-hybridized carbons (Fsp3) is 0.250. The minimum absolute atomic E-state index is 0.181. The lowest BCUT2D eigenvalue weighted by Gasteiger charge is -2.12. The second-order valence-electron chi connectivity index (χ2n) is 3.05. The first kappa shape index (κ1) is 15.0. The lowest BCUT2D eigenvalue weighted by molar-refractivity contribution is -0.432. The van der Waals surface area contributed by atoms with Crippen LogP contribution >= 0.6 is 12.0 Å². The standard InChI is InChI=1S/C8H12N2O6S2/c1-9-5-4-8(18(12,13)14)6(10-2)3-7(5)17-16-15-11/h3-4,9-11H,1-2H3,(H,12,13,14). The van der Waals surface area contributed by atoms with Crippen molar-refractivity contribution in [3.63, 3.8) is 0 Å². The predicted octanol–water partition coefficient (Wildman–Crippen LogP) is 1.45. The maximum atomic E-state index is 11.2. The van der Waals surface area contributed by atoms with Gasteiger partial charge in [0.2, 0.25) is 0 Å². The molecule has 4 N–H and O–H groups in total. The molecule has 0 heterocycles. The Morgan fingerprint density at radius 3 is 2.28 bits per heavy atom. The monoisotopic (exact) mass is 296 g/mol. The SMILES string of the molecule is CNc1cc(S(=O)(=O)O)c(NC)cc1SOOO. The van der Waals surface area contributed by atoms with E-state index in [-0.39, 0.29) is 10.6 Å². The lowest BCUT2D eigenvalue weighted by Crippen LogP contribution is -2.05. The van der Waals surface area contributed by atoms with Crippen molar-refractivity contribution < 1.29 is 27.6 Å². The molecule has 18 heavy (non-hydrogen) atoms. The second kappa shape index (κ2) is 6.22. The first-order chi connectivity index (χ1) is 8.43. The highest BCUT2D eigenvalue weighted by atomic mass is 32.2. The van der Waals surface area contributed by atoms with E-state index in [4.69, 9.17) is 9.81 Å². The topological polar surface area (TPSA) is 117 Å². The average molecular weight is 296 g/mol. The molecule has 0 aromatic heterocycles. The van der Waals surface area contributed by atoms with Crippen LogP contribution in [0.2, 0.25) is 0 Å². The van der Waals surface area contributed by atoms with Gasteiger partial charge in [0, 0.05) is 14.1 Å². The Morgan fingerprint density at radius 2 is 1.83 bits per heavy atom. The van der Waals surface area contributed by atoms with E-state index in [0.717, 1.165) is 0 Å². The molecule has 0 bridgehead atoms. The van der Waals surface area contributed by atoms with E-state index in [2.05, 4.69) is 20.0 Å². The van der Waals surface area contributed by atoms with Crippen LogP contribution in [0.15, 0.2) is 21.9 Å². The van der Waals surface area contributed by atoms with E-state index in [1.807, 2.05) is 0 Å². The molecular formula is C8H12N2O6S2. The molecule has 0 aliphatic heterocycles. The quantitative estimate of drug-likeness (QED) is 0.268. The molecule has 102 valence electrons. The maximum absolute atomic E-state index is 11.2. The minimum Gasteiger partial charge on any atom is -0.387 e. The van der Waals surface area contributed by atoms with Gasteiger partial charge in [-0.2, -0.15) is 8.42 Å². The third-order valence-corrected chi connectivity index (χ3v) is 3.59.